The second-order valence-electron chi connectivity index (χ2n) is 1.45. The van der Waals surface area contributed by atoms with Gasteiger partial charge < -0.3 is 6.22 Å². The average molecular weight is 94.1 g/mol. The maximum absolute atomic E-state index is 10.0. The van der Waals surface area contributed by atoms with Crippen LogP contribution in [0.1, 0.15) is 28.1 Å². The van der Waals surface area contributed by atoms with Crippen molar-refractivity contribution < 1.29 is 25.1 Å². The molecule has 0 bridgehead atoms. The number of hydrogen-bond donors (Lipinski definition) is 0. The van der Waals surface area contributed by atoms with Crippen LogP contribution in [0.5, 0.6) is 0 Å². The fraction of sp³-hybridized carbons (Fsp3) is 0.800. The Bertz CT molecular complexity index is 56.4. The Balaban J connectivity index is -0.000000125. The summed E-state index contributed by atoms with van der Waals surface area (Å²) in [6, 6.07) is 0. The first-order chi connectivity index (χ1) is 2.77. The fourth-order valence-corrected chi connectivity index (χ4v) is 0.352. The summed E-state index contributed by atoms with van der Waals surface area (Å²) < 4.78 is 0. The molecule has 0 aromatic carbocycles. The van der Waals surface area contributed by atoms with Crippen LogP contribution in [0.2, 0.25) is 0 Å². The summed E-state index contributed by atoms with van der Waals surface area (Å²) in [5.41, 5.74) is 0. The van der Waals surface area contributed by atoms with Gasteiger partial charge in [0, 0.05) is 6.42 Å². The van der Waals surface area contributed by atoms with E-state index in [1.54, 1.807) is 6.92 Å². The van der Waals surface area contributed by atoms with Gasteiger partial charge in [-0.1, -0.05) is 6.92 Å². The van der Waals surface area contributed by atoms with Crippen LogP contribution in [-0.2, 0) is 4.79 Å². The molecule has 0 unspecified atom stereocenters. The van der Waals surface area contributed by atoms with Crippen molar-refractivity contribution in [2.45, 2.75) is 26.7 Å². The molecule has 0 atom stereocenters. The number of rotatable bonds is 2. The summed E-state index contributed by atoms with van der Waals surface area (Å²) in [5.74, 6) is 0.289. The number of carbonyl (C=O) groups excluding carboxylic acids is 1. The van der Waals surface area contributed by atoms with Gasteiger partial charge in [0.1, 0.15) is 5.78 Å². The molecule has 1 nitrogen and oxygen atoms in total. The number of Topliss-reactive ketones (excluding diaryl/α,β-unsaturated/α-hetero) is 1. The molecule has 0 amide bonds. The second kappa shape index (κ2) is 6.27. The Morgan fingerprint density at radius 1 is 1.71 bits per heavy atom. The molecule has 0 aliphatic heterocycles. The third kappa shape index (κ3) is 10.7. The SMILES string of the molecule is CCCC(C)=O.[H-].[Li+]. The third-order valence-electron chi connectivity index (χ3n) is 0.602. The molecule has 0 aromatic heterocycles. The number of hydrogen-bond acceptors (Lipinski definition) is 1. The second-order valence-corrected chi connectivity index (χ2v) is 1.45. The molecule has 38 valence electrons. The van der Waals surface area contributed by atoms with Crippen molar-refractivity contribution in [2.24, 2.45) is 0 Å². The zero-order chi connectivity index (χ0) is 4.99. The molecule has 0 radical (unpaired) electrons. The molecular formula is C5H11LiO. The van der Waals surface area contributed by atoms with Crippen LogP contribution in [-0.4, -0.2) is 5.78 Å². The van der Waals surface area contributed by atoms with Gasteiger partial charge in [-0.15, -0.1) is 0 Å². The Hall–Kier alpha value is 0.267. The maximum atomic E-state index is 10.0. The van der Waals surface area contributed by atoms with E-state index in [4.69, 9.17) is 0 Å². The topological polar surface area (TPSA) is 17.1 Å². The summed E-state index contributed by atoms with van der Waals surface area (Å²) in [6.07, 6.45) is 1.72. The van der Waals surface area contributed by atoms with Crippen LogP contribution in [0.3, 0.4) is 0 Å². The van der Waals surface area contributed by atoms with E-state index in [1.165, 1.54) is 0 Å². The van der Waals surface area contributed by atoms with E-state index < -0.39 is 0 Å². The van der Waals surface area contributed by atoms with Gasteiger partial charge in [0.2, 0.25) is 0 Å². The molecule has 2 heteroatoms. The minimum atomic E-state index is 0. The minimum Gasteiger partial charge on any atom is -1.00 e. The molecule has 0 aliphatic carbocycles. The predicted octanol–water partition coefficient (Wildman–Crippen LogP) is -1.51. The van der Waals surface area contributed by atoms with Crippen molar-refractivity contribution in [2.75, 3.05) is 0 Å². The van der Waals surface area contributed by atoms with E-state index in [9.17, 15) is 4.79 Å². The standard InChI is InChI=1S/C5H10O.Li.H/c1-3-4-5(2)6;;/h3-4H2,1-2H3;;/q;+1;-1. The largest absolute Gasteiger partial charge is 1.00 e. The van der Waals surface area contributed by atoms with Gasteiger partial charge in [0.05, 0.1) is 0 Å². The molecule has 0 rings (SSSR count). The summed E-state index contributed by atoms with van der Waals surface area (Å²) in [4.78, 5) is 10.0. The zero-order valence-electron chi connectivity index (χ0n) is 6.32. The molecule has 7 heavy (non-hydrogen) atoms. The molecule has 0 spiro atoms. The zero-order valence-corrected chi connectivity index (χ0v) is 5.32. The van der Waals surface area contributed by atoms with Gasteiger partial charge in [-0.05, 0) is 13.3 Å². The van der Waals surface area contributed by atoms with Crippen LogP contribution in [0.4, 0.5) is 0 Å². The first-order valence-corrected chi connectivity index (χ1v) is 2.26. The summed E-state index contributed by atoms with van der Waals surface area (Å²) in [6.45, 7) is 3.62. The van der Waals surface area contributed by atoms with E-state index in [1.807, 2.05) is 6.92 Å². The van der Waals surface area contributed by atoms with Crippen LogP contribution >= 0.6 is 0 Å². The number of carbonyl (C=O) groups is 1. The molecule has 0 N–H and O–H groups in total. The van der Waals surface area contributed by atoms with Crippen LogP contribution < -0.4 is 18.9 Å². The Kier molecular flexibility index (Phi) is 9.21. The van der Waals surface area contributed by atoms with Crippen molar-refractivity contribution in [3.05, 3.63) is 0 Å². The molecule has 0 saturated heterocycles. The van der Waals surface area contributed by atoms with Gasteiger partial charge in [-0.25, -0.2) is 0 Å². The molecule has 0 aliphatic rings. The molecule has 0 aromatic rings. The monoisotopic (exact) mass is 94.1 g/mol. The summed E-state index contributed by atoms with van der Waals surface area (Å²) >= 11 is 0. The van der Waals surface area contributed by atoms with Gasteiger partial charge in [-0.3, -0.25) is 0 Å². The minimum absolute atomic E-state index is 0. The predicted molar refractivity (Wildman–Crippen MR) is 26.7 cm³/mol. The van der Waals surface area contributed by atoms with Crippen molar-refractivity contribution in [1.29, 1.82) is 0 Å². The van der Waals surface area contributed by atoms with Gasteiger partial charge in [0.15, 0.2) is 0 Å². The Morgan fingerprint density at radius 3 is 2.14 bits per heavy atom. The first kappa shape index (κ1) is 10.3. The van der Waals surface area contributed by atoms with Gasteiger partial charge >= 0.3 is 18.9 Å². The number of ketones is 1. The molecule has 0 fully saturated rings. The quantitative estimate of drug-likeness (QED) is 0.380. The van der Waals surface area contributed by atoms with Crippen molar-refractivity contribution in [3.8, 4) is 0 Å². The van der Waals surface area contributed by atoms with Crippen molar-refractivity contribution in [1.82, 2.24) is 0 Å². The van der Waals surface area contributed by atoms with Gasteiger partial charge in [-0.2, -0.15) is 0 Å². The van der Waals surface area contributed by atoms with E-state index in [2.05, 4.69) is 0 Å². The molecule has 0 saturated carbocycles. The average Bonchev–Trinajstić information content (AvgIpc) is 1.35. The van der Waals surface area contributed by atoms with E-state index >= 15 is 0 Å². The van der Waals surface area contributed by atoms with Crippen molar-refractivity contribution >= 4 is 5.78 Å². The maximum Gasteiger partial charge on any atom is 1.00 e. The molecule has 0 heterocycles. The summed E-state index contributed by atoms with van der Waals surface area (Å²) in [7, 11) is 0. The van der Waals surface area contributed by atoms with Crippen LogP contribution in [0.25, 0.3) is 0 Å². The Morgan fingerprint density at radius 2 is 2.14 bits per heavy atom. The Labute approximate surface area is 58.1 Å². The fourth-order valence-electron chi connectivity index (χ4n) is 0.352. The van der Waals surface area contributed by atoms with E-state index in [-0.39, 0.29) is 26.1 Å². The van der Waals surface area contributed by atoms with Crippen LogP contribution in [0.15, 0.2) is 0 Å². The first-order valence-electron chi connectivity index (χ1n) is 2.26. The van der Waals surface area contributed by atoms with E-state index in [0.29, 0.717) is 0 Å². The normalized spacial score (nSPS) is 7.14. The summed E-state index contributed by atoms with van der Waals surface area (Å²) in [5, 5.41) is 0. The third-order valence-corrected chi connectivity index (χ3v) is 0.602. The van der Waals surface area contributed by atoms with Crippen molar-refractivity contribution in [3.63, 3.8) is 0 Å². The molecular weight excluding hydrogens is 83.0 g/mol. The van der Waals surface area contributed by atoms with Gasteiger partial charge in [0.25, 0.3) is 0 Å². The smallest absolute Gasteiger partial charge is 1.00 e. The van der Waals surface area contributed by atoms with E-state index in [0.717, 1.165) is 12.8 Å². The van der Waals surface area contributed by atoms with Crippen LogP contribution in [0, 0.1) is 0 Å².